The van der Waals surface area contributed by atoms with E-state index in [2.05, 4.69) is 0 Å². The molecule has 1 heterocycles. The van der Waals surface area contributed by atoms with E-state index in [1.807, 2.05) is 6.07 Å². The lowest BCUT2D eigenvalue weighted by atomic mass is 10.2. The molecule has 1 atom stereocenters. The van der Waals surface area contributed by atoms with Gasteiger partial charge in [-0.2, -0.15) is 0 Å². The van der Waals surface area contributed by atoms with Crippen LogP contribution in [-0.2, 0) is 9.53 Å². The van der Waals surface area contributed by atoms with Gasteiger partial charge in [-0.3, -0.25) is 14.5 Å². The SMILES string of the molecule is CC(=O)N(C[C@@H]1CO1)C(=O)c1ccccc1. The maximum Gasteiger partial charge on any atom is 0.260 e. The monoisotopic (exact) mass is 219 g/mol. The molecule has 1 aliphatic rings. The molecule has 0 radical (unpaired) electrons. The zero-order valence-corrected chi connectivity index (χ0v) is 9.05. The molecule has 4 heteroatoms. The Morgan fingerprint density at radius 3 is 2.50 bits per heavy atom. The van der Waals surface area contributed by atoms with Gasteiger partial charge in [-0.05, 0) is 12.1 Å². The average molecular weight is 219 g/mol. The fourth-order valence-electron chi connectivity index (χ4n) is 1.47. The molecule has 0 N–H and O–H groups in total. The van der Waals surface area contributed by atoms with Gasteiger partial charge in [0.15, 0.2) is 0 Å². The topological polar surface area (TPSA) is 49.9 Å². The maximum atomic E-state index is 12.0. The summed E-state index contributed by atoms with van der Waals surface area (Å²) < 4.78 is 5.03. The quantitative estimate of drug-likeness (QED) is 0.714. The Morgan fingerprint density at radius 2 is 2.00 bits per heavy atom. The van der Waals surface area contributed by atoms with Crippen molar-refractivity contribution in [3.63, 3.8) is 0 Å². The molecule has 1 saturated heterocycles. The molecular weight excluding hydrogens is 206 g/mol. The minimum atomic E-state index is -0.261. The largest absolute Gasteiger partial charge is 0.371 e. The average Bonchev–Trinajstić information content (AvgIpc) is 3.09. The summed E-state index contributed by atoms with van der Waals surface area (Å²) in [6.45, 7) is 2.37. The van der Waals surface area contributed by atoms with Gasteiger partial charge in [-0.25, -0.2) is 0 Å². The van der Waals surface area contributed by atoms with Crippen LogP contribution in [-0.4, -0.2) is 36.0 Å². The zero-order valence-electron chi connectivity index (χ0n) is 9.05. The number of imide groups is 1. The summed E-state index contributed by atoms with van der Waals surface area (Å²) in [4.78, 5) is 24.6. The van der Waals surface area contributed by atoms with E-state index in [0.717, 1.165) is 0 Å². The second kappa shape index (κ2) is 4.45. The highest BCUT2D eigenvalue weighted by molar-refractivity contribution is 6.04. The van der Waals surface area contributed by atoms with E-state index in [1.54, 1.807) is 24.3 Å². The third-order valence-electron chi connectivity index (χ3n) is 2.43. The number of carbonyl (C=O) groups excluding carboxylic acids is 2. The minimum Gasteiger partial charge on any atom is -0.371 e. The number of ether oxygens (including phenoxy) is 1. The van der Waals surface area contributed by atoms with Crippen molar-refractivity contribution in [1.29, 1.82) is 0 Å². The summed E-state index contributed by atoms with van der Waals surface area (Å²) in [6, 6.07) is 8.79. The van der Waals surface area contributed by atoms with Crippen molar-refractivity contribution in [2.24, 2.45) is 0 Å². The fourth-order valence-corrected chi connectivity index (χ4v) is 1.47. The van der Waals surface area contributed by atoms with Crippen LogP contribution in [0.15, 0.2) is 30.3 Å². The number of epoxide rings is 1. The number of benzene rings is 1. The lowest BCUT2D eigenvalue weighted by molar-refractivity contribution is -0.126. The summed E-state index contributed by atoms with van der Waals surface area (Å²) in [5.41, 5.74) is 0.526. The van der Waals surface area contributed by atoms with Gasteiger partial charge in [0.1, 0.15) is 0 Å². The summed E-state index contributed by atoms with van der Waals surface area (Å²) in [7, 11) is 0. The number of carbonyl (C=O) groups is 2. The molecule has 1 aromatic carbocycles. The Hall–Kier alpha value is -1.68. The third kappa shape index (κ3) is 2.46. The van der Waals surface area contributed by atoms with Gasteiger partial charge < -0.3 is 4.74 Å². The lowest BCUT2D eigenvalue weighted by Gasteiger charge is -2.17. The van der Waals surface area contributed by atoms with Crippen LogP contribution in [0.5, 0.6) is 0 Å². The van der Waals surface area contributed by atoms with Gasteiger partial charge in [0, 0.05) is 12.5 Å². The minimum absolute atomic E-state index is 0.0246. The second-order valence-electron chi connectivity index (χ2n) is 3.76. The Morgan fingerprint density at radius 1 is 1.38 bits per heavy atom. The third-order valence-corrected chi connectivity index (χ3v) is 2.43. The van der Waals surface area contributed by atoms with E-state index in [-0.39, 0.29) is 17.9 Å². The van der Waals surface area contributed by atoms with E-state index in [1.165, 1.54) is 11.8 Å². The Bertz CT molecular complexity index is 398. The molecule has 4 nitrogen and oxygen atoms in total. The van der Waals surface area contributed by atoms with Gasteiger partial charge in [0.25, 0.3) is 5.91 Å². The number of amides is 2. The molecule has 2 rings (SSSR count). The summed E-state index contributed by atoms with van der Waals surface area (Å²) >= 11 is 0. The van der Waals surface area contributed by atoms with Crippen LogP contribution >= 0.6 is 0 Å². The molecule has 1 fully saturated rings. The molecule has 0 spiro atoms. The summed E-state index contributed by atoms with van der Waals surface area (Å²) in [5.74, 6) is -0.507. The Kier molecular flexibility index (Phi) is 3.01. The van der Waals surface area contributed by atoms with Gasteiger partial charge in [-0.1, -0.05) is 18.2 Å². The molecule has 1 aromatic rings. The van der Waals surface area contributed by atoms with Crippen molar-refractivity contribution in [2.45, 2.75) is 13.0 Å². The van der Waals surface area contributed by atoms with Crippen molar-refractivity contribution in [2.75, 3.05) is 13.2 Å². The molecule has 0 saturated carbocycles. The van der Waals surface area contributed by atoms with Crippen LogP contribution in [0, 0.1) is 0 Å². The highest BCUT2D eigenvalue weighted by Gasteiger charge is 2.30. The number of nitrogens with zero attached hydrogens (tertiary/aromatic N) is 1. The van der Waals surface area contributed by atoms with Crippen LogP contribution in [0.4, 0.5) is 0 Å². The van der Waals surface area contributed by atoms with E-state index in [9.17, 15) is 9.59 Å². The number of hydrogen-bond donors (Lipinski definition) is 0. The highest BCUT2D eigenvalue weighted by Crippen LogP contribution is 2.13. The van der Waals surface area contributed by atoms with Crippen LogP contribution in [0.3, 0.4) is 0 Å². The number of hydrogen-bond acceptors (Lipinski definition) is 3. The standard InChI is InChI=1S/C12H13NO3/c1-9(14)13(7-11-8-16-11)12(15)10-5-3-2-4-6-10/h2-6,11H,7-8H2,1H3/t11-/m1/s1. The molecule has 0 aliphatic carbocycles. The van der Waals surface area contributed by atoms with Crippen molar-refractivity contribution < 1.29 is 14.3 Å². The molecule has 0 unspecified atom stereocenters. The van der Waals surface area contributed by atoms with Gasteiger partial charge in [0.05, 0.1) is 19.3 Å². The first-order chi connectivity index (χ1) is 7.68. The molecule has 2 amide bonds. The first-order valence-corrected chi connectivity index (χ1v) is 5.17. The van der Waals surface area contributed by atoms with Crippen LogP contribution in [0.2, 0.25) is 0 Å². The van der Waals surface area contributed by atoms with Crippen LogP contribution in [0.1, 0.15) is 17.3 Å². The van der Waals surface area contributed by atoms with Crippen molar-refractivity contribution in [1.82, 2.24) is 4.90 Å². The molecular formula is C12H13NO3. The predicted octanol–water partition coefficient (Wildman–Crippen LogP) is 1.07. The molecule has 0 bridgehead atoms. The van der Waals surface area contributed by atoms with Gasteiger partial charge in [0.2, 0.25) is 5.91 Å². The maximum absolute atomic E-state index is 12.0. The number of rotatable bonds is 3. The van der Waals surface area contributed by atoms with Gasteiger partial charge >= 0.3 is 0 Å². The van der Waals surface area contributed by atoms with Crippen molar-refractivity contribution in [3.05, 3.63) is 35.9 Å². The highest BCUT2D eigenvalue weighted by atomic mass is 16.6. The fraction of sp³-hybridized carbons (Fsp3) is 0.333. The zero-order chi connectivity index (χ0) is 11.5. The molecule has 0 aromatic heterocycles. The van der Waals surface area contributed by atoms with E-state index in [0.29, 0.717) is 18.7 Å². The molecule has 84 valence electrons. The smallest absolute Gasteiger partial charge is 0.260 e. The van der Waals surface area contributed by atoms with Gasteiger partial charge in [-0.15, -0.1) is 0 Å². The van der Waals surface area contributed by atoms with E-state index in [4.69, 9.17) is 4.74 Å². The normalized spacial score (nSPS) is 17.9. The Balaban J connectivity index is 2.13. The summed E-state index contributed by atoms with van der Waals surface area (Å²) in [6.07, 6.45) is 0.0246. The van der Waals surface area contributed by atoms with Crippen molar-refractivity contribution >= 4 is 11.8 Å². The van der Waals surface area contributed by atoms with E-state index < -0.39 is 0 Å². The molecule has 1 aliphatic heterocycles. The second-order valence-corrected chi connectivity index (χ2v) is 3.76. The van der Waals surface area contributed by atoms with E-state index >= 15 is 0 Å². The predicted molar refractivity (Wildman–Crippen MR) is 57.9 cm³/mol. The summed E-state index contributed by atoms with van der Waals surface area (Å²) in [5, 5.41) is 0. The Labute approximate surface area is 93.8 Å². The first kappa shape index (κ1) is 10.8. The van der Waals surface area contributed by atoms with Crippen LogP contribution < -0.4 is 0 Å². The van der Waals surface area contributed by atoms with Crippen molar-refractivity contribution in [3.8, 4) is 0 Å². The van der Waals surface area contributed by atoms with Crippen LogP contribution in [0.25, 0.3) is 0 Å². The lowest BCUT2D eigenvalue weighted by Crippen LogP contribution is -2.38. The molecule has 16 heavy (non-hydrogen) atoms. The first-order valence-electron chi connectivity index (χ1n) is 5.17.